The lowest BCUT2D eigenvalue weighted by atomic mass is 10.9. The Morgan fingerprint density at radius 3 is 1.23 bits per heavy atom. The molecule has 0 spiro atoms. The van der Waals surface area contributed by atoms with E-state index in [1.165, 1.54) is 13.8 Å². The lowest BCUT2D eigenvalue weighted by Crippen LogP contribution is -2.52. The second-order valence-corrected chi connectivity index (χ2v) is 12.5. The van der Waals surface area contributed by atoms with Crippen molar-refractivity contribution in [3.05, 3.63) is 0 Å². The molecule has 0 aromatic carbocycles. The molecule has 0 amide bonds. The zero-order chi connectivity index (χ0) is 10.9. The van der Waals surface area contributed by atoms with Crippen LogP contribution in [0.3, 0.4) is 0 Å². The van der Waals surface area contributed by atoms with Crippen molar-refractivity contribution in [3.63, 3.8) is 0 Å². The maximum atomic E-state index is 11.2. The minimum atomic E-state index is -2.28. The SMILES string of the molecule is CC(=O)[Si](C)(C)O[Si](C)(C)C(C)=O. The molecule has 0 aromatic rings. The third-order valence-corrected chi connectivity index (χ3v) is 9.68. The molecule has 0 N–H and O–H groups in total. The van der Waals surface area contributed by atoms with Crippen LogP contribution in [0.15, 0.2) is 0 Å². The van der Waals surface area contributed by atoms with Gasteiger partial charge in [-0.15, -0.1) is 0 Å². The van der Waals surface area contributed by atoms with Crippen molar-refractivity contribution in [2.45, 2.75) is 40.0 Å². The van der Waals surface area contributed by atoms with Gasteiger partial charge in [0.2, 0.25) is 16.6 Å². The fraction of sp³-hybridized carbons (Fsp3) is 0.750. The molecule has 3 nitrogen and oxygen atoms in total. The highest BCUT2D eigenvalue weighted by Gasteiger charge is 2.39. The molecule has 0 saturated carbocycles. The fourth-order valence-corrected chi connectivity index (χ4v) is 7.03. The number of hydrogen-bond donors (Lipinski definition) is 0. The van der Waals surface area contributed by atoms with Gasteiger partial charge in [0.1, 0.15) is 10.8 Å². The summed E-state index contributed by atoms with van der Waals surface area (Å²) in [4.78, 5) is 22.4. The third kappa shape index (κ3) is 3.54. The summed E-state index contributed by atoms with van der Waals surface area (Å²) in [6, 6.07) is 0. The lowest BCUT2D eigenvalue weighted by molar-refractivity contribution is -0.112. The Kier molecular flexibility index (Phi) is 3.77. The summed E-state index contributed by atoms with van der Waals surface area (Å²) < 4.78 is 5.73. The summed E-state index contributed by atoms with van der Waals surface area (Å²) in [7, 11) is -4.55. The Balaban J connectivity index is 4.61. The first-order valence-corrected chi connectivity index (χ1v) is 10.1. The summed E-state index contributed by atoms with van der Waals surface area (Å²) in [5.41, 5.74) is 0. The molecule has 0 unspecified atom stereocenters. The van der Waals surface area contributed by atoms with E-state index in [-0.39, 0.29) is 10.8 Å². The molecule has 0 saturated heterocycles. The van der Waals surface area contributed by atoms with Gasteiger partial charge < -0.3 is 13.7 Å². The molecule has 0 fully saturated rings. The fourth-order valence-electron chi connectivity index (χ4n) is 0.782. The van der Waals surface area contributed by atoms with Gasteiger partial charge >= 0.3 is 0 Å². The Morgan fingerprint density at radius 1 is 0.846 bits per heavy atom. The lowest BCUT2D eigenvalue weighted by Gasteiger charge is -2.29. The van der Waals surface area contributed by atoms with Gasteiger partial charge in [-0.2, -0.15) is 0 Å². The standard InChI is InChI=1S/C8H18O3Si2/c1-7(9)12(3,4)11-13(5,6)8(2)10/h1-6H3. The van der Waals surface area contributed by atoms with E-state index in [9.17, 15) is 9.59 Å². The molecular formula is C8H18O3Si2. The molecule has 0 aliphatic heterocycles. The summed E-state index contributed by atoms with van der Waals surface area (Å²) in [6.45, 7) is 10.4. The highest BCUT2D eigenvalue weighted by molar-refractivity contribution is 7.10. The van der Waals surface area contributed by atoms with E-state index in [2.05, 4.69) is 0 Å². The van der Waals surface area contributed by atoms with E-state index in [1.807, 2.05) is 26.2 Å². The molecule has 0 aliphatic carbocycles. The molecule has 0 heterocycles. The van der Waals surface area contributed by atoms with Crippen LogP contribution in [-0.2, 0) is 13.7 Å². The van der Waals surface area contributed by atoms with Gasteiger partial charge in [-0.25, -0.2) is 0 Å². The third-order valence-electron chi connectivity index (χ3n) is 2.21. The topological polar surface area (TPSA) is 43.4 Å². The molecule has 0 bridgehead atoms. The van der Waals surface area contributed by atoms with Crippen LogP contribution in [0.2, 0.25) is 26.2 Å². The van der Waals surface area contributed by atoms with Crippen LogP contribution in [-0.4, -0.2) is 27.4 Å². The minimum Gasteiger partial charge on any atom is -0.445 e. The highest BCUT2D eigenvalue weighted by atomic mass is 28.4. The van der Waals surface area contributed by atoms with E-state index in [1.54, 1.807) is 0 Å². The highest BCUT2D eigenvalue weighted by Crippen LogP contribution is 2.15. The summed E-state index contributed by atoms with van der Waals surface area (Å²) in [6.07, 6.45) is 0. The summed E-state index contributed by atoms with van der Waals surface area (Å²) in [5.74, 6) is 0. The van der Waals surface area contributed by atoms with E-state index in [4.69, 9.17) is 4.12 Å². The largest absolute Gasteiger partial charge is 0.445 e. The van der Waals surface area contributed by atoms with Crippen molar-refractivity contribution >= 4 is 27.4 Å². The van der Waals surface area contributed by atoms with Crippen LogP contribution >= 0.6 is 0 Å². The van der Waals surface area contributed by atoms with Crippen LogP contribution in [0.25, 0.3) is 0 Å². The second kappa shape index (κ2) is 3.85. The molecule has 0 aromatic heterocycles. The average molecular weight is 218 g/mol. The molecule has 13 heavy (non-hydrogen) atoms. The number of rotatable bonds is 4. The first-order chi connectivity index (χ1) is 5.59. The minimum absolute atomic E-state index is 0.0920. The predicted octanol–water partition coefficient (Wildman–Crippen LogP) is 1.67. The van der Waals surface area contributed by atoms with E-state index >= 15 is 0 Å². The quantitative estimate of drug-likeness (QED) is 0.674. The zero-order valence-electron chi connectivity index (χ0n) is 9.22. The molecular weight excluding hydrogens is 200 g/mol. The number of carbonyl (C=O) groups excluding carboxylic acids is 2. The molecule has 0 radical (unpaired) electrons. The molecule has 0 rings (SSSR count). The van der Waals surface area contributed by atoms with Crippen molar-refractivity contribution in [2.75, 3.05) is 0 Å². The van der Waals surface area contributed by atoms with Crippen molar-refractivity contribution in [1.82, 2.24) is 0 Å². The van der Waals surface area contributed by atoms with Crippen LogP contribution < -0.4 is 0 Å². The smallest absolute Gasteiger partial charge is 0.247 e. The Hall–Kier alpha value is -0.266. The maximum absolute atomic E-state index is 11.2. The Labute approximate surface area is 81.7 Å². The molecule has 5 heteroatoms. The van der Waals surface area contributed by atoms with Gasteiger partial charge in [0.15, 0.2) is 0 Å². The van der Waals surface area contributed by atoms with Crippen molar-refractivity contribution < 1.29 is 13.7 Å². The first-order valence-electron chi connectivity index (χ1n) is 4.32. The van der Waals surface area contributed by atoms with E-state index < -0.39 is 16.6 Å². The predicted molar refractivity (Wildman–Crippen MR) is 57.4 cm³/mol. The molecule has 76 valence electrons. The maximum Gasteiger partial charge on any atom is 0.247 e. The Bertz CT molecular complexity index is 210. The molecule has 0 aliphatic rings. The van der Waals surface area contributed by atoms with Crippen LogP contribution in [0.4, 0.5) is 0 Å². The van der Waals surface area contributed by atoms with Crippen molar-refractivity contribution in [2.24, 2.45) is 0 Å². The molecule has 0 atom stereocenters. The van der Waals surface area contributed by atoms with Crippen molar-refractivity contribution in [1.29, 1.82) is 0 Å². The van der Waals surface area contributed by atoms with Crippen LogP contribution in [0.1, 0.15) is 13.8 Å². The van der Waals surface area contributed by atoms with Gasteiger partial charge in [-0.1, -0.05) is 0 Å². The van der Waals surface area contributed by atoms with E-state index in [0.29, 0.717) is 0 Å². The van der Waals surface area contributed by atoms with Gasteiger partial charge in [0.25, 0.3) is 0 Å². The zero-order valence-corrected chi connectivity index (χ0v) is 11.2. The van der Waals surface area contributed by atoms with E-state index in [0.717, 1.165) is 0 Å². The van der Waals surface area contributed by atoms with Gasteiger partial charge in [-0.05, 0) is 40.0 Å². The Morgan fingerprint density at radius 2 is 1.08 bits per heavy atom. The number of carbonyl (C=O) groups is 2. The first kappa shape index (κ1) is 12.7. The number of hydrogen-bond acceptors (Lipinski definition) is 3. The summed E-state index contributed by atoms with van der Waals surface area (Å²) >= 11 is 0. The van der Waals surface area contributed by atoms with Crippen molar-refractivity contribution in [3.8, 4) is 0 Å². The van der Waals surface area contributed by atoms with Gasteiger partial charge in [0.05, 0.1) is 0 Å². The monoisotopic (exact) mass is 218 g/mol. The normalized spacial score (nSPS) is 12.8. The van der Waals surface area contributed by atoms with Crippen LogP contribution in [0, 0.1) is 0 Å². The van der Waals surface area contributed by atoms with Gasteiger partial charge in [-0.3, -0.25) is 0 Å². The van der Waals surface area contributed by atoms with Gasteiger partial charge in [0, 0.05) is 0 Å². The average Bonchev–Trinajstić information content (AvgIpc) is 1.83. The van der Waals surface area contributed by atoms with Crippen LogP contribution in [0.5, 0.6) is 0 Å². The second-order valence-electron chi connectivity index (χ2n) is 4.24. The summed E-state index contributed by atoms with van der Waals surface area (Å²) in [5, 5.41) is 0.184.